The second-order valence-corrected chi connectivity index (χ2v) is 9.51. The number of hydrogen-bond acceptors (Lipinski definition) is 8. The normalized spacial score (nSPS) is 17.4. The maximum absolute atomic E-state index is 12.6. The van der Waals surface area contributed by atoms with E-state index in [1.54, 1.807) is 14.2 Å². The molecular weight excluding hydrogens is 454 g/mol. The number of rotatable bonds is 8. The molecule has 184 valence electrons. The van der Waals surface area contributed by atoms with Crippen molar-refractivity contribution in [2.24, 2.45) is 0 Å². The van der Waals surface area contributed by atoms with Gasteiger partial charge in [0.1, 0.15) is 0 Å². The Bertz CT molecular complexity index is 983. The average molecular weight is 488 g/mol. The Hall–Kier alpha value is -2.69. The van der Waals surface area contributed by atoms with E-state index < -0.39 is 0 Å². The summed E-state index contributed by atoms with van der Waals surface area (Å²) in [6, 6.07) is 5.62. The van der Waals surface area contributed by atoms with Gasteiger partial charge in [0.15, 0.2) is 16.6 Å². The first-order chi connectivity index (χ1) is 16.6. The number of carbonyl (C=O) groups is 2. The number of amides is 2. The molecule has 0 radical (unpaired) electrons. The van der Waals surface area contributed by atoms with Crippen LogP contribution in [0.1, 0.15) is 19.3 Å². The van der Waals surface area contributed by atoms with Gasteiger partial charge in [-0.2, -0.15) is 0 Å². The number of anilines is 1. The maximum atomic E-state index is 12.6. The molecule has 2 saturated heterocycles. The van der Waals surface area contributed by atoms with Gasteiger partial charge in [0.05, 0.1) is 33.0 Å². The zero-order chi connectivity index (χ0) is 23.9. The first-order valence-electron chi connectivity index (χ1n) is 11.8. The van der Waals surface area contributed by atoms with E-state index in [9.17, 15) is 9.59 Å². The molecule has 0 aliphatic carbocycles. The van der Waals surface area contributed by atoms with Crippen LogP contribution in [0.5, 0.6) is 11.5 Å². The number of nitrogens with one attached hydrogen (secondary N) is 1. The Kier molecular flexibility index (Phi) is 8.36. The summed E-state index contributed by atoms with van der Waals surface area (Å²) < 4.78 is 10.6. The number of thiazole rings is 1. The smallest absolute Gasteiger partial charge is 0.240 e. The van der Waals surface area contributed by atoms with Crippen LogP contribution in [0, 0.1) is 0 Å². The van der Waals surface area contributed by atoms with Gasteiger partial charge in [-0.1, -0.05) is 0 Å². The Morgan fingerprint density at radius 1 is 0.941 bits per heavy atom. The number of ether oxygens (including phenoxy) is 2. The molecule has 2 fully saturated rings. The lowest BCUT2D eigenvalue weighted by molar-refractivity contribution is -0.134. The number of benzene rings is 1. The fourth-order valence-electron chi connectivity index (χ4n) is 4.36. The Morgan fingerprint density at radius 2 is 1.62 bits per heavy atom. The Balaban J connectivity index is 1.23. The zero-order valence-corrected chi connectivity index (χ0v) is 20.7. The van der Waals surface area contributed by atoms with E-state index in [4.69, 9.17) is 9.47 Å². The number of aromatic nitrogens is 1. The number of likely N-dealkylation sites (tertiary alicyclic amines) is 1. The molecule has 1 aromatic heterocycles. The lowest BCUT2D eigenvalue weighted by Crippen LogP contribution is -2.51. The van der Waals surface area contributed by atoms with E-state index in [1.165, 1.54) is 17.8 Å². The second kappa shape index (κ2) is 11.6. The standard InChI is InChI=1S/C24H33N5O4S/c1-32-20-7-6-18(14-21(20)33-2)19-17-34-24(25-19)26-22(30)15-27-10-12-28(13-11-27)16-23(31)29-8-4-3-5-9-29/h6-7,14,17H,3-5,8-13,15-16H2,1-2H3,(H,25,26,30). The lowest BCUT2D eigenvalue weighted by atomic mass is 10.1. The third kappa shape index (κ3) is 6.25. The van der Waals surface area contributed by atoms with Crippen LogP contribution in [-0.2, 0) is 9.59 Å². The molecule has 1 aromatic carbocycles. The van der Waals surface area contributed by atoms with Crippen molar-refractivity contribution in [2.45, 2.75) is 19.3 Å². The fourth-order valence-corrected chi connectivity index (χ4v) is 5.10. The van der Waals surface area contributed by atoms with Crippen molar-refractivity contribution in [3.63, 3.8) is 0 Å². The Morgan fingerprint density at radius 3 is 2.29 bits per heavy atom. The SMILES string of the molecule is COc1ccc(-c2csc(NC(=O)CN3CCN(CC(=O)N4CCCCC4)CC3)n2)cc1OC. The highest BCUT2D eigenvalue weighted by molar-refractivity contribution is 7.14. The first kappa shape index (κ1) is 24.4. The number of methoxy groups -OCH3 is 2. The van der Waals surface area contributed by atoms with Gasteiger partial charge >= 0.3 is 0 Å². The van der Waals surface area contributed by atoms with E-state index in [1.807, 2.05) is 28.5 Å². The quantitative estimate of drug-likeness (QED) is 0.612. The number of carbonyl (C=O) groups excluding carboxylic acids is 2. The van der Waals surface area contributed by atoms with Crippen LogP contribution < -0.4 is 14.8 Å². The number of hydrogen-bond donors (Lipinski definition) is 1. The minimum absolute atomic E-state index is 0.0777. The van der Waals surface area contributed by atoms with Crippen molar-refractivity contribution in [1.82, 2.24) is 19.7 Å². The van der Waals surface area contributed by atoms with Crippen LogP contribution in [0.2, 0.25) is 0 Å². The summed E-state index contributed by atoms with van der Waals surface area (Å²) in [5.41, 5.74) is 1.66. The molecule has 2 amide bonds. The van der Waals surface area contributed by atoms with Crippen LogP contribution in [0.4, 0.5) is 5.13 Å². The number of piperazine rings is 1. The van der Waals surface area contributed by atoms with Crippen LogP contribution in [0.25, 0.3) is 11.3 Å². The molecule has 2 aromatic rings. The summed E-state index contributed by atoms with van der Waals surface area (Å²) in [4.78, 5) is 35.9. The van der Waals surface area contributed by atoms with E-state index in [-0.39, 0.29) is 11.8 Å². The van der Waals surface area contributed by atoms with Crippen molar-refractivity contribution in [1.29, 1.82) is 0 Å². The van der Waals surface area contributed by atoms with Gasteiger partial charge in [0.25, 0.3) is 0 Å². The van der Waals surface area contributed by atoms with Crippen molar-refractivity contribution >= 4 is 28.3 Å². The molecule has 0 unspecified atom stereocenters. The maximum Gasteiger partial charge on any atom is 0.240 e. The van der Waals surface area contributed by atoms with E-state index >= 15 is 0 Å². The molecule has 2 aliphatic heterocycles. The molecule has 0 spiro atoms. The van der Waals surface area contributed by atoms with Crippen molar-refractivity contribution in [3.8, 4) is 22.8 Å². The topological polar surface area (TPSA) is 87.2 Å². The summed E-state index contributed by atoms with van der Waals surface area (Å²) in [6.45, 7) is 5.73. The van der Waals surface area contributed by atoms with Crippen LogP contribution in [-0.4, -0.2) is 98.1 Å². The van der Waals surface area contributed by atoms with Crippen LogP contribution in [0.15, 0.2) is 23.6 Å². The highest BCUT2D eigenvalue weighted by Crippen LogP contribution is 2.33. The summed E-state index contributed by atoms with van der Waals surface area (Å²) in [6.07, 6.45) is 3.45. The lowest BCUT2D eigenvalue weighted by Gasteiger charge is -2.35. The molecule has 10 heteroatoms. The zero-order valence-electron chi connectivity index (χ0n) is 19.9. The molecule has 34 heavy (non-hydrogen) atoms. The predicted octanol–water partition coefficient (Wildman–Crippen LogP) is 2.40. The predicted molar refractivity (Wildman–Crippen MR) is 133 cm³/mol. The molecule has 1 N–H and O–H groups in total. The number of nitrogens with zero attached hydrogens (tertiary/aromatic N) is 4. The second-order valence-electron chi connectivity index (χ2n) is 8.65. The highest BCUT2D eigenvalue weighted by Gasteiger charge is 2.24. The van der Waals surface area contributed by atoms with Gasteiger partial charge in [-0.15, -0.1) is 11.3 Å². The van der Waals surface area contributed by atoms with E-state index in [2.05, 4.69) is 20.1 Å². The highest BCUT2D eigenvalue weighted by atomic mass is 32.1. The first-order valence-corrected chi connectivity index (χ1v) is 12.6. The van der Waals surface area contributed by atoms with Crippen LogP contribution >= 0.6 is 11.3 Å². The summed E-state index contributed by atoms with van der Waals surface area (Å²) >= 11 is 1.39. The minimum Gasteiger partial charge on any atom is -0.493 e. The molecule has 9 nitrogen and oxygen atoms in total. The van der Waals surface area contributed by atoms with Gasteiger partial charge in [0, 0.05) is 50.2 Å². The van der Waals surface area contributed by atoms with Gasteiger partial charge in [-0.05, 0) is 37.5 Å². The molecule has 0 saturated carbocycles. The van der Waals surface area contributed by atoms with Gasteiger partial charge < -0.3 is 19.7 Å². The van der Waals surface area contributed by atoms with Crippen molar-refractivity contribution < 1.29 is 19.1 Å². The summed E-state index contributed by atoms with van der Waals surface area (Å²) in [5, 5.41) is 5.40. The molecule has 4 rings (SSSR count). The van der Waals surface area contributed by atoms with Gasteiger partial charge in [-0.25, -0.2) is 4.98 Å². The molecule has 0 bridgehead atoms. The van der Waals surface area contributed by atoms with E-state index in [0.29, 0.717) is 29.7 Å². The molecule has 3 heterocycles. The largest absolute Gasteiger partial charge is 0.493 e. The number of piperidine rings is 1. The monoisotopic (exact) mass is 487 g/mol. The van der Waals surface area contributed by atoms with Crippen LogP contribution in [0.3, 0.4) is 0 Å². The Labute approximate surface area is 204 Å². The molecule has 0 atom stereocenters. The van der Waals surface area contributed by atoms with Gasteiger partial charge in [0.2, 0.25) is 11.8 Å². The average Bonchev–Trinajstić information content (AvgIpc) is 3.33. The third-order valence-electron chi connectivity index (χ3n) is 6.33. The third-order valence-corrected chi connectivity index (χ3v) is 7.09. The fraction of sp³-hybridized carbons (Fsp3) is 0.542. The molecule has 2 aliphatic rings. The van der Waals surface area contributed by atoms with Gasteiger partial charge in [-0.3, -0.25) is 19.4 Å². The van der Waals surface area contributed by atoms with E-state index in [0.717, 1.165) is 63.4 Å². The van der Waals surface area contributed by atoms with Crippen molar-refractivity contribution in [2.75, 3.05) is 71.9 Å². The summed E-state index contributed by atoms with van der Waals surface area (Å²) in [5.74, 6) is 1.45. The summed E-state index contributed by atoms with van der Waals surface area (Å²) in [7, 11) is 3.20. The molecular formula is C24H33N5O4S. The van der Waals surface area contributed by atoms with Crippen molar-refractivity contribution in [3.05, 3.63) is 23.6 Å². The minimum atomic E-state index is -0.0777.